The highest BCUT2D eigenvalue weighted by molar-refractivity contribution is 6.30. The second-order valence-electron chi connectivity index (χ2n) is 11.8. The number of aliphatic hydroxyl groups excluding tert-OH is 1. The Balaban J connectivity index is 1.22. The van der Waals surface area contributed by atoms with Crippen molar-refractivity contribution in [2.24, 2.45) is 0 Å². The fraction of sp³-hybridized carbons (Fsp3) is 0.429. The maximum atomic E-state index is 12.1. The number of urea groups is 1. The first-order valence-corrected chi connectivity index (χ1v) is 16.1. The second-order valence-corrected chi connectivity index (χ2v) is 12.2. The van der Waals surface area contributed by atoms with Gasteiger partial charge in [-0.25, -0.2) is 4.79 Å². The highest BCUT2D eigenvalue weighted by Gasteiger charge is 2.37. The van der Waals surface area contributed by atoms with Crippen molar-refractivity contribution in [2.75, 3.05) is 32.8 Å². The van der Waals surface area contributed by atoms with Gasteiger partial charge in [0.1, 0.15) is 6.54 Å². The highest BCUT2D eigenvalue weighted by Crippen LogP contribution is 2.39. The number of rotatable bonds is 11. The van der Waals surface area contributed by atoms with E-state index in [0.717, 1.165) is 40.9 Å². The Labute approximate surface area is 274 Å². The van der Waals surface area contributed by atoms with E-state index >= 15 is 0 Å². The summed E-state index contributed by atoms with van der Waals surface area (Å²) in [6, 6.07) is 22.5. The molecule has 46 heavy (non-hydrogen) atoms. The van der Waals surface area contributed by atoms with E-state index in [1.807, 2.05) is 72.8 Å². The number of carbonyl (C=O) groups excluding carboxylic acids is 2. The molecule has 0 aliphatic carbocycles. The Hall–Kier alpha value is -3.51. The lowest BCUT2D eigenvalue weighted by molar-refractivity contribution is -0.253. The number of esters is 1. The van der Waals surface area contributed by atoms with Crippen molar-refractivity contribution in [1.29, 1.82) is 0 Å². The molecule has 0 unspecified atom stereocenters. The normalized spacial score (nSPS) is 21.3. The molecule has 3 aromatic carbocycles. The van der Waals surface area contributed by atoms with Crippen LogP contribution >= 0.6 is 11.6 Å². The lowest BCUT2D eigenvalue weighted by atomic mass is 9.84. The van der Waals surface area contributed by atoms with Crippen LogP contribution in [0.25, 0.3) is 0 Å². The van der Waals surface area contributed by atoms with Crippen molar-refractivity contribution < 1.29 is 34.0 Å². The zero-order valence-corrected chi connectivity index (χ0v) is 26.7. The number of amides is 2. The lowest BCUT2D eigenvalue weighted by Crippen LogP contribution is -2.46. The number of hydrogen-bond donors (Lipinski definition) is 4. The summed E-state index contributed by atoms with van der Waals surface area (Å²) >= 11 is 6.06. The monoisotopic (exact) mass is 651 g/mol. The average Bonchev–Trinajstić information content (AvgIpc) is 3.08. The van der Waals surface area contributed by atoms with Crippen LogP contribution in [0.3, 0.4) is 0 Å². The Morgan fingerprint density at radius 1 is 0.935 bits per heavy atom. The predicted octanol–water partition coefficient (Wildman–Crippen LogP) is 4.72. The molecule has 0 bridgehead atoms. The van der Waals surface area contributed by atoms with Gasteiger partial charge < -0.3 is 40.0 Å². The van der Waals surface area contributed by atoms with Gasteiger partial charge in [-0.3, -0.25) is 4.79 Å². The van der Waals surface area contributed by atoms with E-state index in [2.05, 4.69) is 15.5 Å². The lowest BCUT2D eigenvalue weighted by Gasteiger charge is -2.42. The van der Waals surface area contributed by atoms with E-state index in [9.17, 15) is 19.8 Å². The van der Waals surface area contributed by atoms with E-state index in [1.54, 1.807) is 6.92 Å². The number of benzene rings is 3. The Kier molecular flexibility index (Phi) is 11.7. The number of nitrogens with zero attached hydrogens (tertiary/aromatic N) is 1. The van der Waals surface area contributed by atoms with Gasteiger partial charge in [-0.2, -0.15) is 0 Å². The summed E-state index contributed by atoms with van der Waals surface area (Å²) in [6.07, 6.45) is 0.958. The van der Waals surface area contributed by atoms with Gasteiger partial charge in [-0.05, 0) is 54.2 Å². The average molecular weight is 652 g/mol. The summed E-state index contributed by atoms with van der Waals surface area (Å²) in [5.41, 5.74) is 3.59. The summed E-state index contributed by atoms with van der Waals surface area (Å²) < 4.78 is 17.8. The SMILES string of the molecule is CCOC(=O)CNC(=O)NCc1ccc([C@H]2O[C@@H](CN3CCC(O)(c4ccc(Cl)cc4)CC3)C[C@@H](c3ccc(CO)cc3)O2)cc1. The number of halogens is 1. The largest absolute Gasteiger partial charge is 0.465 e. The van der Waals surface area contributed by atoms with Crippen molar-refractivity contribution in [3.05, 3.63) is 106 Å². The molecule has 2 fully saturated rings. The zero-order chi connectivity index (χ0) is 32.5. The van der Waals surface area contributed by atoms with Crippen molar-refractivity contribution in [3.63, 3.8) is 0 Å². The third kappa shape index (κ3) is 9.06. The van der Waals surface area contributed by atoms with E-state index < -0.39 is 23.9 Å². The first-order valence-electron chi connectivity index (χ1n) is 15.7. The Morgan fingerprint density at radius 3 is 2.24 bits per heavy atom. The first-order chi connectivity index (χ1) is 22.2. The molecule has 3 atom stereocenters. The fourth-order valence-corrected chi connectivity index (χ4v) is 6.00. The molecule has 2 saturated heterocycles. The zero-order valence-electron chi connectivity index (χ0n) is 26.0. The molecule has 2 amide bonds. The summed E-state index contributed by atoms with van der Waals surface area (Å²) in [7, 11) is 0. The van der Waals surface area contributed by atoms with E-state index in [0.29, 0.717) is 30.8 Å². The van der Waals surface area contributed by atoms with Gasteiger partial charge in [0.05, 0.1) is 31.0 Å². The quantitative estimate of drug-likeness (QED) is 0.219. The van der Waals surface area contributed by atoms with E-state index in [4.69, 9.17) is 25.8 Å². The van der Waals surface area contributed by atoms with Gasteiger partial charge in [0.25, 0.3) is 0 Å². The van der Waals surface area contributed by atoms with Gasteiger partial charge >= 0.3 is 12.0 Å². The van der Waals surface area contributed by atoms with E-state index in [1.165, 1.54) is 0 Å². The minimum absolute atomic E-state index is 0.0221. The Bertz CT molecular complexity index is 1430. The van der Waals surface area contributed by atoms with Crippen LogP contribution in [0, 0.1) is 0 Å². The summed E-state index contributed by atoms with van der Waals surface area (Å²) in [5.74, 6) is -0.491. The van der Waals surface area contributed by atoms with Gasteiger partial charge in [0.2, 0.25) is 0 Å². The van der Waals surface area contributed by atoms with Gasteiger partial charge in [0, 0.05) is 43.2 Å². The van der Waals surface area contributed by atoms with Crippen molar-refractivity contribution >= 4 is 23.6 Å². The van der Waals surface area contributed by atoms with Crippen LogP contribution < -0.4 is 10.6 Å². The van der Waals surface area contributed by atoms with E-state index in [-0.39, 0.29) is 38.5 Å². The molecule has 5 rings (SSSR count). The van der Waals surface area contributed by atoms with Crippen LogP contribution in [0.5, 0.6) is 0 Å². The van der Waals surface area contributed by atoms with Gasteiger partial charge in [-0.15, -0.1) is 0 Å². The number of ether oxygens (including phenoxy) is 3. The molecular weight excluding hydrogens is 610 g/mol. The number of piperidine rings is 1. The fourth-order valence-electron chi connectivity index (χ4n) is 5.88. The molecule has 10 nitrogen and oxygen atoms in total. The molecule has 0 saturated carbocycles. The number of hydrogen-bond acceptors (Lipinski definition) is 8. The first kappa shape index (κ1) is 33.8. The molecule has 246 valence electrons. The molecule has 2 aliphatic heterocycles. The smallest absolute Gasteiger partial charge is 0.325 e. The summed E-state index contributed by atoms with van der Waals surface area (Å²) in [4.78, 5) is 25.9. The standard InChI is InChI=1S/C35H42ClN3O7/c1-2-44-32(41)21-38-34(42)37-20-24-3-9-27(10-4-24)33-45-30(19-31(46-33)26-7-5-25(23-40)6-8-26)22-39-17-15-35(43,16-18-39)28-11-13-29(36)14-12-28/h3-14,30-31,33,40,43H,2,15-23H2,1H3,(H2,37,38,42)/t30-,31+,33+/m1/s1. The predicted molar refractivity (Wildman–Crippen MR) is 173 cm³/mol. The summed E-state index contributed by atoms with van der Waals surface area (Å²) in [6.45, 7) is 4.19. The van der Waals surface area contributed by atoms with Crippen LogP contribution in [-0.4, -0.2) is 66.0 Å². The molecule has 0 aromatic heterocycles. The van der Waals surface area contributed by atoms with Crippen LogP contribution in [0.2, 0.25) is 5.02 Å². The van der Waals surface area contributed by atoms with Crippen LogP contribution in [0.4, 0.5) is 4.79 Å². The second kappa shape index (κ2) is 15.9. The highest BCUT2D eigenvalue weighted by atomic mass is 35.5. The maximum Gasteiger partial charge on any atom is 0.325 e. The minimum Gasteiger partial charge on any atom is -0.465 e. The molecular formula is C35H42ClN3O7. The molecule has 2 aliphatic rings. The van der Waals surface area contributed by atoms with Crippen molar-refractivity contribution in [3.8, 4) is 0 Å². The third-order valence-electron chi connectivity index (χ3n) is 8.55. The van der Waals surface area contributed by atoms with Gasteiger partial charge in [-0.1, -0.05) is 72.3 Å². The molecule has 3 aromatic rings. The molecule has 11 heteroatoms. The maximum absolute atomic E-state index is 12.1. The number of likely N-dealkylation sites (tertiary alicyclic amines) is 1. The molecule has 2 heterocycles. The molecule has 4 N–H and O–H groups in total. The number of nitrogens with one attached hydrogen (secondary N) is 2. The third-order valence-corrected chi connectivity index (χ3v) is 8.80. The van der Waals surface area contributed by atoms with Gasteiger partial charge in [0.15, 0.2) is 6.29 Å². The summed E-state index contributed by atoms with van der Waals surface area (Å²) in [5, 5.41) is 26.7. The Morgan fingerprint density at radius 2 is 1.59 bits per heavy atom. The van der Waals surface area contributed by atoms with Crippen LogP contribution in [0.15, 0.2) is 72.8 Å². The molecule has 0 spiro atoms. The van der Waals surface area contributed by atoms with Crippen molar-refractivity contribution in [2.45, 2.75) is 63.4 Å². The number of carbonyl (C=O) groups is 2. The minimum atomic E-state index is -0.880. The number of aliphatic hydroxyl groups is 2. The topological polar surface area (TPSA) is 130 Å². The van der Waals surface area contributed by atoms with Crippen LogP contribution in [0.1, 0.15) is 66.4 Å². The van der Waals surface area contributed by atoms with Crippen LogP contribution in [-0.2, 0) is 37.8 Å². The molecule has 0 radical (unpaired) electrons. The van der Waals surface area contributed by atoms with Crippen molar-refractivity contribution in [1.82, 2.24) is 15.5 Å².